The molecule has 3 rings (SSSR count). The van der Waals surface area contributed by atoms with Crippen molar-refractivity contribution in [3.8, 4) is 0 Å². The van der Waals surface area contributed by atoms with E-state index in [1.165, 1.54) is 11.1 Å². The lowest BCUT2D eigenvalue weighted by atomic mass is 10.1. The summed E-state index contributed by atoms with van der Waals surface area (Å²) in [5.41, 5.74) is 4.87. The van der Waals surface area contributed by atoms with E-state index in [1.807, 2.05) is 68.5 Å². The first kappa shape index (κ1) is 13.4. The Balaban J connectivity index is 1.91. The summed E-state index contributed by atoms with van der Waals surface area (Å²) in [6, 6.07) is 16.0. The highest BCUT2D eigenvalue weighted by atomic mass is 16.5. The van der Waals surface area contributed by atoms with Crippen molar-refractivity contribution < 1.29 is 9.53 Å². The number of ether oxygens (including phenoxy) is 1. The van der Waals surface area contributed by atoms with Gasteiger partial charge in [-0.15, -0.1) is 0 Å². The predicted octanol–water partition coefficient (Wildman–Crippen LogP) is 4.28. The highest BCUT2D eigenvalue weighted by Gasteiger charge is 2.21. The molecule has 0 aliphatic carbocycles. The van der Waals surface area contributed by atoms with Crippen LogP contribution in [0.2, 0.25) is 0 Å². The highest BCUT2D eigenvalue weighted by molar-refractivity contribution is 6.05. The first-order chi connectivity index (χ1) is 10.1. The Bertz CT molecular complexity index is 732. The van der Waals surface area contributed by atoms with Gasteiger partial charge in [0, 0.05) is 5.56 Å². The van der Waals surface area contributed by atoms with Crippen molar-refractivity contribution in [2.75, 3.05) is 0 Å². The standard InChI is InChI=1S/C19H16O2/c1-13-3-7-15(8-4-13)11-17-12-18(21-19(17)20)16-9-5-14(2)6-10-16/h3-12H,1-2H3. The number of carbonyl (C=O) groups excluding carboxylic acids is 1. The molecule has 2 nitrogen and oxygen atoms in total. The zero-order chi connectivity index (χ0) is 14.8. The van der Waals surface area contributed by atoms with Crippen LogP contribution in [0.1, 0.15) is 22.3 Å². The number of esters is 1. The molecule has 0 radical (unpaired) electrons. The summed E-state index contributed by atoms with van der Waals surface area (Å²) in [4.78, 5) is 12.0. The van der Waals surface area contributed by atoms with Crippen LogP contribution in [0.25, 0.3) is 11.8 Å². The Morgan fingerprint density at radius 2 is 1.43 bits per heavy atom. The van der Waals surface area contributed by atoms with Gasteiger partial charge in [0.2, 0.25) is 0 Å². The summed E-state index contributed by atoms with van der Waals surface area (Å²) < 4.78 is 5.35. The molecule has 0 atom stereocenters. The van der Waals surface area contributed by atoms with Gasteiger partial charge in [0.05, 0.1) is 5.57 Å². The van der Waals surface area contributed by atoms with Crippen molar-refractivity contribution in [1.82, 2.24) is 0 Å². The SMILES string of the molecule is Cc1ccc(C=C2C=C(c3ccc(C)cc3)OC2=O)cc1. The Kier molecular flexibility index (Phi) is 3.44. The lowest BCUT2D eigenvalue weighted by Gasteiger charge is -2.01. The lowest BCUT2D eigenvalue weighted by Crippen LogP contribution is -1.97. The summed E-state index contributed by atoms with van der Waals surface area (Å²) >= 11 is 0. The third kappa shape index (κ3) is 2.95. The second-order valence-electron chi connectivity index (χ2n) is 5.27. The van der Waals surface area contributed by atoms with Crippen LogP contribution in [0.5, 0.6) is 0 Å². The fourth-order valence-corrected chi connectivity index (χ4v) is 2.19. The number of hydrogen-bond acceptors (Lipinski definition) is 2. The largest absolute Gasteiger partial charge is 0.422 e. The highest BCUT2D eigenvalue weighted by Crippen LogP contribution is 2.27. The molecule has 0 N–H and O–H groups in total. The van der Waals surface area contributed by atoms with Crippen LogP contribution < -0.4 is 0 Å². The molecule has 0 spiro atoms. The lowest BCUT2D eigenvalue weighted by molar-refractivity contribution is -0.130. The molecule has 1 heterocycles. The van der Waals surface area contributed by atoms with Crippen LogP contribution >= 0.6 is 0 Å². The minimum absolute atomic E-state index is 0.300. The maximum absolute atomic E-state index is 12.0. The van der Waals surface area contributed by atoms with Gasteiger partial charge < -0.3 is 4.74 Å². The molecule has 0 saturated heterocycles. The van der Waals surface area contributed by atoms with Crippen LogP contribution in [-0.4, -0.2) is 5.97 Å². The van der Waals surface area contributed by atoms with Crippen LogP contribution in [0.15, 0.2) is 60.2 Å². The van der Waals surface area contributed by atoms with Crippen molar-refractivity contribution in [3.05, 3.63) is 82.4 Å². The summed E-state index contributed by atoms with van der Waals surface area (Å²) in [7, 11) is 0. The number of aryl methyl sites for hydroxylation is 2. The van der Waals surface area contributed by atoms with E-state index in [0.717, 1.165) is 11.1 Å². The van der Waals surface area contributed by atoms with Gasteiger partial charge in [0.1, 0.15) is 5.76 Å². The van der Waals surface area contributed by atoms with E-state index >= 15 is 0 Å². The molecule has 104 valence electrons. The fraction of sp³-hybridized carbons (Fsp3) is 0.105. The molecular formula is C19H16O2. The average molecular weight is 276 g/mol. The molecule has 1 aliphatic rings. The first-order valence-corrected chi connectivity index (χ1v) is 6.91. The first-order valence-electron chi connectivity index (χ1n) is 6.91. The normalized spacial score (nSPS) is 16.0. The Labute approximate surface area is 124 Å². The Hall–Kier alpha value is -2.61. The van der Waals surface area contributed by atoms with Crippen LogP contribution in [0, 0.1) is 13.8 Å². The number of carbonyl (C=O) groups is 1. The third-order valence-electron chi connectivity index (χ3n) is 3.46. The van der Waals surface area contributed by atoms with Gasteiger partial charge in [-0.2, -0.15) is 0 Å². The van der Waals surface area contributed by atoms with E-state index in [2.05, 4.69) is 0 Å². The minimum atomic E-state index is -0.300. The van der Waals surface area contributed by atoms with Crippen molar-refractivity contribution in [2.24, 2.45) is 0 Å². The van der Waals surface area contributed by atoms with Gasteiger partial charge in [0.15, 0.2) is 0 Å². The predicted molar refractivity (Wildman–Crippen MR) is 84.4 cm³/mol. The monoisotopic (exact) mass is 276 g/mol. The maximum Gasteiger partial charge on any atom is 0.343 e. The van der Waals surface area contributed by atoms with E-state index in [4.69, 9.17) is 4.74 Å². The average Bonchev–Trinajstić information content (AvgIpc) is 2.83. The summed E-state index contributed by atoms with van der Waals surface area (Å²) in [5, 5.41) is 0. The van der Waals surface area contributed by atoms with Crippen LogP contribution in [0.3, 0.4) is 0 Å². The summed E-state index contributed by atoms with van der Waals surface area (Å²) in [6.45, 7) is 4.07. The molecular weight excluding hydrogens is 260 g/mol. The van der Waals surface area contributed by atoms with Gasteiger partial charge in [-0.1, -0.05) is 59.7 Å². The number of benzene rings is 2. The molecule has 21 heavy (non-hydrogen) atoms. The van der Waals surface area contributed by atoms with Crippen LogP contribution in [0.4, 0.5) is 0 Å². The summed E-state index contributed by atoms with van der Waals surface area (Å²) in [5.74, 6) is 0.310. The van der Waals surface area contributed by atoms with Crippen LogP contribution in [-0.2, 0) is 9.53 Å². The van der Waals surface area contributed by atoms with E-state index in [-0.39, 0.29) is 5.97 Å². The van der Waals surface area contributed by atoms with Crippen molar-refractivity contribution in [3.63, 3.8) is 0 Å². The third-order valence-corrected chi connectivity index (χ3v) is 3.46. The second-order valence-corrected chi connectivity index (χ2v) is 5.27. The zero-order valence-corrected chi connectivity index (χ0v) is 12.1. The fourth-order valence-electron chi connectivity index (χ4n) is 2.19. The van der Waals surface area contributed by atoms with Crippen molar-refractivity contribution in [1.29, 1.82) is 0 Å². The van der Waals surface area contributed by atoms with E-state index in [0.29, 0.717) is 11.3 Å². The molecule has 0 amide bonds. The van der Waals surface area contributed by atoms with Crippen molar-refractivity contribution in [2.45, 2.75) is 13.8 Å². The summed E-state index contributed by atoms with van der Waals surface area (Å²) in [6.07, 6.45) is 3.65. The van der Waals surface area contributed by atoms with Crippen molar-refractivity contribution >= 4 is 17.8 Å². The molecule has 0 bridgehead atoms. The Morgan fingerprint density at radius 3 is 2.05 bits per heavy atom. The molecule has 2 heteroatoms. The minimum Gasteiger partial charge on any atom is -0.422 e. The second kappa shape index (κ2) is 5.41. The molecule has 1 aliphatic heterocycles. The van der Waals surface area contributed by atoms with E-state index in [1.54, 1.807) is 6.08 Å². The van der Waals surface area contributed by atoms with E-state index < -0.39 is 0 Å². The molecule has 0 saturated carbocycles. The van der Waals surface area contributed by atoms with Gasteiger partial charge in [-0.25, -0.2) is 4.79 Å². The Morgan fingerprint density at radius 1 is 0.857 bits per heavy atom. The maximum atomic E-state index is 12.0. The zero-order valence-electron chi connectivity index (χ0n) is 12.1. The number of hydrogen-bond donors (Lipinski definition) is 0. The molecule has 0 aromatic heterocycles. The smallest absolute Gasteiger partial charge is 0.343 e. The number of cyclic esters (lactones) is 1. The van der Waals surface area contributed by atoms with Gasteiger partial charge in [-0.3, -0.25) is 0 Å². The van der Waals surface area contributed by atoms with E-state index in [9.17, 15) is 4.79 Å². The van der Waals surface area contributed by atoms with Gasteiger partial charge >= 0.3 is 5.97 Å². The molecule has 0 fully saturated rings. The topological polar surface area (TPSA) is 26.3 Å². The number of rotatable bonds is 2. The molecule has 0 unspecified atom stereocenters. The van der Waals surface area contributed by atoms with Gasteiger partial charge in [0.25, 0.3) is 0 Å². The molecule has 2 aromatic rings. The molecule has 2 aromatic carbocycles. The quantitative estimate of drug-likeness (QED) is 0.604. The van der Waals surface area contributed by atoms with Gasteiger partial charge in [-0.05, 0) is 31.6 Å².